The van der Waals surface area contributed by atoms with E-state index in [4.69, 9.17) is 33.2 Å². The van der Waals surface area contributed by atoms with E-state index in [0.29, 0.717) is 45.4 Å². The zero-order valence-electron chi connectivity index (χ0n) is 22.4. The minimum Gasteiger partial charge on any atom is -0.493 e. The monoisotopic (exact) mass is 562 g/mol. The van der Waals surface area contributed by atoms with E-state index in [9.17, 15) is 19.5 Å². The van der Waals surface area contributed by atoms with Crippen molar-refractivity contribution in [2.45, 2.75) is 12.0 Å². The first kappa shape index (κ1) is 26.3. The Labute approximate surface area is 234 Å². The van der Waals surface area contributed by atoms with E-state index in [1.807, 2.05) is 0 Å². The zero-order chi connectivity index (χ0) is 28.8. The Bertz CT molecular complexity index is 1540. The third-order valence-electron chi connectivity index (χ3n) is 7.78. The highest BCUT2D eigenvalue weighted by Gasteiger charge is 2.54. The number of fused-ring (bicyclic) bond motifs is 3. The molecule has 3 aliphatic rings. The number of hydrogen-bond donors (Lipinski definition) is 1. The van der Waals surface area contributed by atoms with Crippen LogP contribution in [-0.4, -0.2) is 57.7 Å². The first-order valence-corrected chi connectivity index (χ1v) is 12.8. The summed E-state index contributed by atoms with van der Waals surface area (Å²) in [5, 5.41) is 9.62. The van der Waals surface area contributed by atoms with Crippen molar-refractivity contribution in [3.05, 3.63) is 76.3 Å². The van der Waals surface area contributed by atoms with Gasteiger partial charge in [0.15, 0.2) is 23.0 Å². The minimum absolute atomic E-state index is 0.00314. The number of hydrogen-bond acceptors (Lipinski definition) is 10. The van der Waals surface area contributed by atoms with Gasteiger partial charge in [-0.25, -0.2) is 9.59 Å². The van der Waals surface area contributed by atoms with Gasteiger partial charge in [0.2, 0.25) is 12.5 Å². The van der Waals surface area contributed by atoms with Crippen molar-refractivity contribution in [3.63, 3.8) is 0 Å². The van der Waals surface area contributed by atoms with Gasteiger partial charge in [-0.2, -0.15) is 0 Å². The lowest BCUT2D eigenvalue weighted by atomic mass is 9.66. The van der Waals surface area contributed by atoms with Crippen LogP contribution in [0.3, 0.4) is 0 Å². The van der Waals surface area contributed by atoms with Gasteiger partial charge in [0, 0.05) is 17.4 Å². The average Bonchev–Trinajstić information content (AvgIpc) is 3.61. The maximum Gasteiger partial charge on any atom is 0.339 e. The molecule has 3 aromatic carbocycles. The molecule has 0 radical (unpaired) electrons. The molecule has 41 heavy (non-hydrogen) atoms. The Morgan fingerprint density at radius 3 is 2.10 bits per heavy atom. The predicted octanol–water partition coefficient (Wildman–Crippen LogP) is 3.97. The van der Waals surface area contributed by atoms with Crippen LogP contribution >= 0.6 is 0 Å². The molecule has 1 fully saturated rings. The van der Waals surface area contributed by atoms with Gasteiger partial charge >= 0.3 is 17.9 Å². The van der Waals surface area contributed by atoms with Crippen molar-refractivity contribution in [2.75, 3.05) is 34.7 Å². The lowest BCUT2D eigenvalue weighted by Crippen LogP contribution is -2.36. The van der Waals surface area contributed by atoms with Gasteiger partial charge < -0.3 is 38.3 Å². The third-order valence-corrected chi connectivity index (χ3v) is 7.78. The summed E-state index contributed by atoms with van der Waals surface area (Å²) in [6, 6.07) is 12.9. The molecule has 3 aromatic rings. The predicted molar refractivity (Wildman–Crippen MR) is 140 cm³/mol. The van der Waals surface area contributed by atoms with Crippen LogP contribution in [0.15, 0.2) is 48.5 Å². The molecule has 0 amide bonds. The van der Waals surface area contributed by atoms with Crippen molar-refractivity contribution >= 4 is 17.9 Å². The Morgan fingerprint density at radius 1 is 0.854 bits per heavy atom. The molecule has 1 aliphatic carbocycles. The highest BCUT2D eigenvalue weighted by molar-refractivity contribution is 6.02. The largest absolute Gasteiger partial charge is 0.493 e. The van der Waals surface area contributed by atoms with Gasteiger partial charge in [-0.3, -0.25) is 4.79 Å². The molecule has 11 nitrogen and oxygen atoms in total. The molecule has 2 heterocycles. The van der Waals surface area contributed by atoms with Crippen LogP contribution in [0.4, 0.5) is 0 Å². The smallest absolute Gasteiger partial charge is 0.339 e. The molecule has 212 valence electrons. The van der Waals surface area contributed by atoms with Crippen LogP contribution in [0, 0.1) is 11.8 Å². The van der Waals surface area contributed by atoms with Gasteiger partial charge in [-0.15, -0.1) is 0 Å². The minimum atomic E-state index is -1.26. The van der Waals surface area contributed by atoms with Crippen molar-refractivity contribution in [1.82, 2.24) is 0 Å². The number of aromatic carboxylic acids is 1. The topological polar surface area (TPSA) is 136 Å². The summed E-state index contributed by atoms with van der Waals surface area (Å²) in [5.74, 6) is -2.29. The van der Waals surface area contributed by atoms with Crippen molar-refractivity contribution in [3.8, 4) is 28.7 Å². The lowest BCUT2D eigenvalue weighted by molar-refractivity contribution is -0.141. The number of carbonyl (C=O) groups is 3. The van der Waals surface area contributed by atoms with Gasteiger partial charge in [-0.05, 0) is 47.5 Å². The number of rotatable bonds is 7. The fraction of sp³-hybridized carbons (Fsp3) is 0.300. The van der Waals surface area contributed by atoms with E-state index in [1.165, 1.54) is 39.5 Å². The van der Waals surface area contributed by atoms with Gasteiger partial charge in [-0.1, -0.05) is 12.1 Å². The van der Waals surface area contributed by atoms with Crippen LogP contribution in [-0.2, 0) is 14.3 Å². The summed E-state index contributed by atoms with van der Waals surface area (Å²) in [6.45, 7) is 0.00917. The first-order chi connectivity index (χ1) is 19.9. The molecule has 1 N–H and O–H groups in total. The first-order valence-electron chi connectivity index (χ1n) is 12.8. The lowest BCUT2D eigenvalue weighted by Gasteiger charge is -2.38. The van der Waals surface area contributed by atoms with Crippen molar-refractivity contribution < 1.29 is 52.6 Å². The van der Waals surface area contributed by atoms with Crippen molar-refractivity contribution in [1.29, 1.82) is 0 Å². The third kappa shape index (κ3) is 4.24. The number of ether oxygens (including phenoxy) is 7. The molecule has 0 unspecified atom stereocenters. The number of cyclic esters (lactones) is 1. The van der Waals surface area contributed by atoms with E-state index < -0.39 is 41.8 Å². The van der Waals surface area contributed by atoms with E-state index in [2.05, 4.69) is 0 Å². The maximum atomic E-state index is 13.4. The number of benzene rings is 3. The Hall–Kier alpha value is -4.93. The van der Waals surface area contributed by atoms with E-state index in [1.54, 1.807) is 30.3 Å². The number of carbonyl (C=O) groups excluding carboxylic acids is 2. The van der Waals surface area contributed by atoms with Crippen LogP contribution < -0.4 is 23.7 Å². The maximum absolute atomic E-state index is 13.4. The molecule has 11 heteroatoms. The molecule has 0 bridgehead atoms. The standard InChI is InChI=1S/C30H26O11/c1-35-22-8-14(9-23(36-2)27(22)37-3)24-17-10-20-21(40-13-39-20)11-18(17)26(19-12-38-30(34)25(19)24)41-29(33)16-7-5-4-6-15(16)28(31)32/h4-11,19,24-26H,12-13H2,1-3H3,(H,31,32)/t19-,24+,25-,26-/m0/s1. The van der Waals surface area contributed by atoms with Gasteiger partial charge in [0.05, 0.1) is 45.0 Å². The number of carboxylic acid groups (broad SMARTS) is 1. The molecule has 0 saturated carbocycles. The SMILES string of the molecule is COc1cc([C@@H]2c3cc4c(cc3[C@H](OC(=O)c3ccccc3C(=O)O)[C@H]3COC(=O)[C@H]23)OCO4)cc(OC)c1OC. The molecule has 4 atom stereocenters. The van der Waals surface area contributed by atoms with Gasteiger partial charge in [0.1, 0.15) is 6.10 Å². The molecule has 2 aliphatic heterocycles. The highest BCUT2D eigenvalue weighted by atomic mass is 16.7. The van der Waals surface area contributed by atoms with Crippen LogP contribution in [0.1, 0.15) is 49.4 Å². The summed E-state index contributed by atoms with van der Waals surface area (Å²) in [4.78, 5) is 38.5. The Balaban J connectivity index is 1.52. The van der Waals surface area contributed by atoms with E-state index >= 15 is 0 Å². The second kappa shape index (κ2) is 10.2. The normalized spacial score (nSPS) is 21.8. The summed E-state index contributed by atoms with van der Waals surface area (Å²) in [6.07, 6.45) is -0.941. The molecule has 0 spiro atoms. The van der Waals surface area contributed by atoms with E-state index in [0.717, 1.165) is 0 Å². The zero-order valence-corrected chi connectivity index (χ0v) is 22.4. The molecule has 0 aromatic heterocycles. The van der Waals surface area contributed by atoms with E-state index in [-0.39, 0.29) is 24.5 Å². The second-order valence-electron chi connectivity index (χ2n) is 9.77. The molecular weight excluding hydrogens is 536 g/mol. The highest BCUT2D eigenvalue weighted by Crippen LogP contribution is 2.56. The number of methoxy groups -OCH3 is 3. The quantitative estimate of drug-likeness (QED) is 0.419. The van der Waals surface area contributed by atoms with Crippen LogP contribution in [0.5, 0.6) is 28.7 Å². The summed E-state index contributed by atoms with van der Waals surface area (Å²) >= 11 is 0. The fourth-order valence-corrected chi connectivity index (χ4v) is 5.97. The fourth-order valence-electron chi connectivity index (χ4n) is 5.97. The number of esters is 2. The number of carboxylic acids is 1. The average molecular weight is 563 g/mol. The summed E-state index contributed by atoms with van der Waals surface area (Å²) < 4.78 is 39.5. The van der Waals surface area contributed by atoms with Crippen LogP contribution in [0.2, 0.25) is 0 Å². The van der Waals surface area contributed by atoms with Crippen molar-refractivity contribution in [2.24, 2.45) is 11.8 Å². The molecule has 1 saturated heterocycles. The summed E-state index contributed by atoms with van der Waals surface area (Å²) in [7, 11) is 4.51. The Kier molecular flexibility index (Phi) is 6.56. The van der Waals surface area contributed by atoms with Crippen LogP contribution in [0.25, 0.3) is 0 Å². The summed E-state index contributed by atoms with van der Waals surface area (Å²) in [5.41, 5.74) is 1.65. The molecule has 6 rings (SSSR count). The second-order valence-corrected chi connectivity index (χ2v) is 9.77. The molecular formula is C30H26O11. The Morgan fingerprint density at radius 2 is 1.49 bits per heavy atom. The van der Waals surface area contributed by atoms with Gasteiger partial charge in [0.25, 0.3) is 0 Å².